The van der Waals surface area contributed by atoms with E-state index in [4.69, 9.17) is 5.11 Å². The Balaban J connectivity index is 2.14. The Morgan fingerprint density at radius 3 is 2.77 bits per heavy atom. The van der Waals surface area contributed by atoms with Crippen LogP contribution in [0, 0.1) is 6.92 Å². The molecular formula is C17H21N3O2. The van der Waals surface area contributed by atoms with Crippen molar-refractivity contribution in [2.24, 2.45) is 0 Å². The van der Waals surface area contributed by atoms with E-state index in [0.717, 1.165) is 40.6 Å². The zero-order chi connectivity index (χ0) is 15.7. The summed E-state index contributed by atoms with van der Waals surface area (Å²) in [6.07, 6.45) is 1.83. The van der Waals surface area contributed by atoms with Crippen LogP contribution in [0.2, 0.25) is 0 Å². The molecule has 0 amide bonds. The van der Waals surface area contributed by atoms with Crippen LogP contribution < -0.4 is 0 Å². The van der Waals surface area contributed by atoms with Crippen LogP contribution in [0.1, 0.15) is 5.69 Å². The highest BCUT2D eigenvalue weighted by atomic mass is 16.3. The number of phenols is 1. The van der Waals surface area contributed by atoms with Crippen LogP contribution in [0.25, 0.3) is 21.8 Å². The van der Waals surface area contributed by atoms with E-state index in [1.807, 2.05) is 32.3 Å². The third-order valence-corrected chi connectivity index (χ3v) is 4.13. The van der Waals surface area contributed by atoms with E-state index in [-0.39, 0.29) is 12.4 Å². The molecule has 5 nitrogen and oxygen atoms in total. The van der Waals surface area contributed by atoms with Gasteiger partial charge in [0.25, 0.3) is 0 Å². The van der Waals surface area contributed by atoms with Crippen molar-refractivity contribution < 1.29 is 10.2 Å². The lowest BCUT2D eigenvalue weighted by molar-refractivity contribution is 0.218. The van der Waals surface area contributed by atoms with Gasteiger partial charge in [0.1, 0.15) is 5.75 Å². The van der Waals surface area contributed by atoms with Gasteiger partial charge in [-0.25, -0.2) is 0 Å². The van der Waals surface area contributed by atoms with Crippen molar-refractivity contribution in [2.75, 3.05) is 26.7 Å². The molecule has 0 atom stereocenters. The summed E-state index contributed by atoms with van der Waals surface area (Å²) >= 11 is 0. The van der Waals surface area contributed by atoms with Gasteiger partial charge < -0.3 is 19.7 Å². The molecule has 0 spiro atoms. The Labute approximate surface area is 129 Å². The maximum Gasteiger partial charge on any atom is 0.117 e. The first-order valence-electron chi connectivity index (χ1n) is 7.47. The number of benzene rings is 1. The molecule has 0 saturated heterocycles. The van der Waals surface area contributed by atoms with Crippen molar-refractivity contribution >= 4 is 21.8 Å². The molecule has 0 radical (unpaired) electrons. The number of phenolic OH excluding ortho intramolecular Hbond substituents is 1. The molecule has 2 heterocycles. The minimum absolute atomic E-state index is 0.158. The molecule has 2 aromatic heterocycles. The number of hydrogen-bond donors (Lipinski definition) is 2. The Hall–Kier alpha value is -2.11. The molecule has 22 heavy (non-hydrogen) atoms. The van der Waals surface area contributed by atoms with Crippen molar-refractivity contribution in [3.63, 3.8) is 0 Å². The van der Waals surface area contributed by atoms with Gasteiger partial charge in [0, 0.05) is 42.7 Å². The number of pyridine rings is 1. The van der Waals surface area contributed by atoms with Gasteiger partial charge in [-0.05, 0) is 32.2 Å². The number of fused-ring (bicyclic) bond motifs is 3. The van der Waals surface area contributed by atoms with Gasteiger partial charge in [0.2, 0.25) is 0 Å². The lowest BCUT2D eigenvalue weighted by Gasteiger charge is -2.17. The SMILES string of the molecule is Cc1nccc2c3ccc(O)cc3n(CCN(C)CCO)c12. The van der Waals surface area contributed by atoms with E-state index in [1.165, 1.54) is 0 Å². The molecule has 116 valence electrons. The summed E-state index contributed by atoms with van der Waals surface area (Å²) in [5, 5.41) is 21.2. The lowest BCUT2D eigenvalue weighted by atomic mass is 10.1. The first kappa shape index (κ1) is 14.8. The summed E-state index contributed by atoms with van der Waals surface area (Å²) in [7, 11) is 1.99. The molecule has 0 aliphatic heterocycles. The molecule has 0 aliphatic rings. The fraction of sp³-hybridized carbons (Fsp3) is 0.353. The third-order valence-electron chi connectivity index (χ3n) is 4.13. The monoisotopic (exact) mass is 299 g/mol. The number of rotatable bonds is 5. The number of likely N-dealkylation sites (N-methyl/N-ethyl adjacent to an activating group) is 1. The lowest BCUT2D eigenvalue weighted by Crippen LogP contribution is -2.26. The van der Waals surface area contributed by atoms with Crippen LogP contribution in [-0.4, -0.2) is 51.4 Å². The molecule has 3 aromatic rings. The van der Waals surface area contributed by atoms with E-state index in [0.29, 0.717) is 6.54 Å². The van der Waals surface area contributed by atoms with Gasteiger partial charge in [-0.15, -0.1) is 0 Å². The zero-order valence-electron chi connectivity index (χ0n) is 13.0. The maximum absolute atomic E-state index is 9.84. The molecule has 0 unspecified atom stereocenters. The van der Waals surface area contributed by atoms with Crippen LogP contribution >= 0.6 is 0 Å². The van der Waals surface area contributed by atoms with E-state index in [2.05, 4.69) is 14.5 Å². The maximum atomic E-state index is 9.84. The van der Waals surface area contributed by atoms with Crippen LogP contribution in [-0.2, 0) is 6.54 Å². The number of aromatic hydroxyl groups is 1. The first-order valence-corrected chi connectivity index (χ1v) is 7.47. The highest BCUT2D eigenvalue weighted by Gasteiger charge is 2.13. The van der Waals surface area contributed by atoms with Crippen molar-refractivity contribution in [3.8, 4) is 5.75 Å². The minimum Gasteiger partial charge on any atom is -0.508 e. The smallest absolute Gasteiger partial charge is 0.117 e. The fourth-order valence-corrected chi connectivity index (χ4v) is 2.99. The minimum atomic E-state index is 0.158. The standard InChI is InChI=1S/C17H21N3O2/c1-12-17-15(5-6-18-12)14-4-3-13(22)11-16(14)20(17)8-7-19(2)9-10-21/h3-6,11,21-22H,7-10H2,1-2H3. The Bertz CT molecular complexity index is 810. The Kier molecular flexibility index (Phi) is 4.00. The predicted molar refractivity (Wildman–Crippen MR) is 88.2 cm³/mol. The van der Waals surface area contributed by atoms with Gasteiger partial charge in [-0.2, -0.15) is 0 Å². The van der Waals surface area contributed by atoms with Gasteiger partial charge in [-0.3, -0.25) is 4.98 Å². The number of aryl methyl sites for hydroxylation is 1. The molecule has 3 rings (SSSR count). The summed E-state index contributed by atoms with van der Waals surface area (Å²) < 4.78 is 2.21. The zero-order valence-corrected chi connectivity index (χ0v) is 13.0. The molecule has 0 fully saturated rings. The van der Waals surface area contributed by atoms with Crippen LogP contribution in [0.4, 0.5) is 0 Å². The second-order valence-electron chi connectivity index (χ2n) is 5.67. The average Bonchev–Trinajstić information content (AvgIpc) is 2.80. The summed E-state index contributed by atoms with van der Waals surface area (Å²) in [6, 6.07) is 7.51. The van der Waals surface area contributed by atoms with Crippen molar-refractivity contribution in [1.29, 1.82) is 0 Å². The second kappa shape index (κ2) is 5.94. The summed E-state index contributed by atoms with van der Waals surface area (Å²) in [6.45, 7) is 4.43. The second-order valence-corrected chi connectivity index (χ2v) is 5.67. The number of aliphatic hydroxyl groups is 1. The van der Waals surface area contributed by atoms with Gasteiger partial charge in [-0.1, -0.05) is 0 Å². The normalized spacial score (nSPS) is 11.8. The van der Waals surface area contributed by atoms with E-state index >= 15 is 0 Å². The van der Waals surface area contributed by atoms with E-state index in [9.17, 15) is 5.11 Å². The molecule has 0 aliphatic carbocycles. The number of aromatic nitrogens is 2. The van der Waals surface area contributed by atoms with E-state index in [1.54, 1.807) is 12.1 Å². The fourth-order valence-electron chi connectivity index (χ4n) is 2.99. The Morgan fingerprint density at radius 1 is 1.18 bits per heavy atom. The number of hydrogen-bond acceptors (Lipinski definition) is 4. The molecular weight excluding hydrogens is 278 g/mol. The van der Waals surface area contributed by atoms with Gasteiger partial charge in [0.05, 0.1) is 23.3 Å². The average molecular weight is 299 g/mol. The summed E-state index contributed by atoms with van der Waals surface area (Å²) in [5.41, 5.74) is 3.11. The molecule has 5 heteroatoms. The molecule has 2 N–H and O–H groups in total. The number of aliphatic hydroxyl groups excluding tert-OH is 1. The third kappa shape index (κ3) is 2.53. The largest absolute Gasteiger partial charge is 0.508 e. The van der Waals surface area contributed by atoms with Crippen molar-refractivity contribution in [1.82, 2.24) is 14.5 Å². The summed E-state index contributed by atoms with van der Waals surface area (Å²) in [5.74, 6) is 0.269. The van der Waals surface area contributed by atoms with E-state index < -0.39 is 0 Å². The van der Waals surface area contributed by atoms with Crippen LogP contribution in [0.3, 0.4) is 0 Å². The topological polar surface area (TPSA) is 61.5 Å². The highest BCUT2D eigenvalue weighted by molar-refractivity contribution is 6.08. The number of nitrogens with zero attached hydrogens (tertiary/aromatic N) is 3. The quantitative estimate of drug-likeness (QED) is 0.757. The first-order chi connectivity index (χ1) is 10.6. The van der Waals surface area contributed by atoms with Gasteiger partial charge in [0.15, 0.2) is 0 Å². The van der Waals surface area contributed by atoms with Crippen LogP contribution in [0.15, 0.2) is 30.5 Å². The molecule has 1 aromatic carbocycles. The molecule has 0 saturated carbocycles. The van der Waals surface area contributed by atoms with Crippen LogP contribution in [0.5, 0.6) is 5.75 Å². The van der Waals surface area contributed by atoms with Crippen molar-refractivity contribution in [3.05, 3.63) is 36.2 Å². The highest BCUT2D eigenvalue weighted by Crippen LogP contribution is 2.32. The predicted octanol–water partition coefficient (Wildman–Crippen LogP) is 2.13. The van der Waals surface area contributed by atoms with Crippen molar-refractivity contribution in [2.45, 2.75) is 13.5 Å². The summed E-state index contributed by atoms with van der Waals surface area (Å²) in [4.78, 5) is 6.50. The van der Waals surface area contributed by atoms with Gasteiger partial charge >= 0.3 is 0 Å². The Morgan fingerprint density at radius 2 is 2.00 bits per heavy atom. The molecule has 0 bridgehead atoms.